The first kappa shape index (κ1) is 15.4. The topological polar surface area (TPSA) is 26.3 Å². The van der Waals surface area contributed by atoms with Gasteiger partial charge >= 0.3 is 5.97 Å². The van der Waals surface area contributed by atoms with Gasteiger partial charge in [-0.3, -0.25) is 4.79 Å². The maximum absolute atomic E-state index is 12.7. The minimum absolute atomic E-state index is 0.00426. The first-order chi connectivity index (χ1) is 9.76. The van der Waals surface area contributed by atoms with Gasteiger partial charge in [0.2, 0.25) is 0 Å². The van der Waals surface area contributed by atoms with E-state index in [1.165, 1.54) is 25.7 Å². The molecule has 3 aliphatic rings. The molecule has 6 unspecified atom stereocenters. The minimum Gasteiger partial charge on any atom is -0.459 e. The summed E-state index contributed by atoms with van der Waals surface area (Å²) in [5.74, 6) is 3.33. The van der Waals surface area contributed by atoms with Crippen molar-refractivity contribution in [3.8, 4) is 0 Å². The van der Waals surface area contributed by atoms with Gasteiger partial charge in [0.15, 0.2) is 0 Å². The number of ether oxygens (including phenoxy) is 1. The maximum Gasteiger partial charge on any atom is 0.310 e. The zero-order valence-corrected chi connectivity index (χ0v) is 14.4. The molecule has 3 aliphatic carbocycles. The number of esters is 1. The number of carbonyl (C=O) groups excluding carboxylic acids is 1. The predicted molar refractivity (Wildman–Crippen MR) is 84.8 cm³/mol. The Bertz CT molecular complexity index is 422. The average molecular weight is 292 g/mol. The van der Waals surface area contributed by atoms with Crippen LogP contribution in [-0.4, -0.2) is 11.6 Å². The molecule has 0 aromatic rings. The lowest BCUT2D eigenvalue weighted by molar-refractivity contribution is -0.175. The largest absolute Gasteiger partial charge is 0.459 e. The van der Waals surface area contributed by atoms with Crippen molar-refractivity contribution in [1.82, 2.24) is 0 Å². The SMILES string of the molecule is CCC(C(=O)OC1(C)CC2CC1C1CCCC21)C(C)(C)C. The molecule has 2 heteroatoms. The average Bonchev–Trinajstić information content (AvgIpc) is 2.97. The molecular formula is C19H32O2. The van der Waals surface area contributed by atoms with Crippen LogP contribution in [-0.2, 0) is 9.53 Å². The van der Waals surface area contributed by atoms with Crippen molar-refractivity contribution in [1.29, 1.82) is 0 Å². The van der Waals surface area contributed by atoms with Crippen LogP contribution in [0.3, 0.4) is 0 Å². The van der Waals surface area contributed by atoms with Gasteiger partial charge in [0, 0.05) is 5.92 Å². The summed E-state index contributed by atoms with van der Waals surface area (Å²) in [5.41, 5.74) is -0.179. The molecule has 0 aliphatic heterocycles. The molecule has 0 heterocycles. The molecule has 0 spiro atoms. The first-order valence-corrected chi connectivity index (χ1v) is 8.99. The maximum atomic E-state index is 12.7. The van der Waals surface area contributed by atoms with E-state index in [9.17, 15) is 4.79 Å². The number of fused-ring (bicyclic) bond motifs is 5. The van der Waals surface area contributed by atoms with Crippen LogP contribution in [0, 0.1) is 35.0 Å². The highest BCUT2D eigenvalue weighted by Crippen LogP contribution is 2.63. The lowest BCUT2D eigenvalue weighted by Crippen LogP contribution is -2.45. The van der Waals surface area contributed by atoms with Crippen molar-refractivity contribution in [2.24, 2.45) is 35.0 Å². The molecule has 0 aromatic carbocycles. The molecule has 0 aromatic heterocycles. The van der Waals surface area contributed by atoms with Gasteiger partial charge in [-0.2, -0.15) is 0 Å². The van der Waals surface area contributed by atoms with E-state index >= 15 is 0 Å². The molecular weight excluding hydrogens is 260 g/mol. The van der Waals surface area contributed by atoms with Crippen molar-refractivity contribution in [3.05, 3.63) is 0 Å². The van der Waals surface area contributed by atoms with Gasteiger partial charge in [-0.15, -0.1) is 0 Å². The second-order valence-electron chi connectivity index (χ2n) is 9.13. The Morgan fingerprint density at radius 2 is 1.95 bits per heavy atom. The third kappa shape index (κ3) is 2.43. The highest BCUT2D eigenvalue weighted by atomic mass is 16.6. The van der Waals surface area contributed by atoms with Gasteiger partial charge < -0.3 is 4.74 Å². The van der Waals surface area contributed by atoms with Crippen molar-refractivity contribution < 1.29 is 9.53 Å². The molecule has 0 amide bonds. The van der Waals surface area contributed by atoms with E-state index in [-0.39, 0.29) is 22.9 Å². The van der Waals surface area contributed by atoms with Gasteiger partial charge in [0.1, 0.15) is 5.60 Å². The molecule has 0 N–H and O–H groups in total. The predicted octanol–water partition coefficient (Wildman–Crippen LogP) is 4.82. The lowest BCUT2D eigenvalue weighted by atomic mass is 9.73. The summed E-state index contributed by atoms with van der Waals surface area (Å²) in [6, 6.07) is 0. The van der Waals surface area contributed by atoms with Crippen molar-refractivity contribution in [2.75, 3.05) is 0 Å². The number of rotatable bonds is 3. The molecule has 3 fully saturated rings. The summed E-state index contributed by atoms with van der Waals surface area (Å²) in [5, 5.41) is 0. The molecule has 3 rings (SSSR count). The standard InChI is InChI=1S/C19H32O2/c1-6-15(18(2,3)4)17(20)21-19(5)11-12-10-16(19)14-9-7-8-13(12)14/h12-16H,6-11H2,1-5H3. The van der Waals surface area contributed by atoms with Gasteiger partial charge in [-0.1, -0.05) is 34.1 Å². The molecule has 21 heavy (non-hydrogen) atoms. The zero-order valence-electron chi connectivity index (χ0n) is 14.4. The Morgan fingerprint density at radius 1 is 1.29 bits per heavy atom. The summed E-state index contributed by atoms with van der Waals surface area (Å²) in [7, 11) is 0. The van der Waals surface area contributed by atoms with Gasteiger partial charge in [0.05, 0.1) is 5.92 Å². The second kappa shape index (κ2) is 4.99. The Balaban J connectivity index is 1.72. The normalized spacial score (nSPS) is 42.9. The van der Waals surface area contributed by atoms with Crippen LogP contribution >= 0.6 is 0 Å². The smallest absolute Gasteiger partial charge is 0.310 e. The van der Waals surface area contributed by atoms with Gasteiger partial charge in [-0.25, -0.2) is 0 Å². The summed E-state index contributed by atoms with van der Waals surface area (Å²) >= 11 is 0. The first-order valence-electron chi connectivity index (χ1n) is 8.99. The summed E-state index contributed by atoms with van der Waals surface area (Å²) < 4.78 is 6.18. The lowest BCUT2D eigenvalue weighted by Gasteiger charge is -2.41. The van der Waals surface area contributed by atoms with Gasteiger partial charge in [-0.05, 0) is 62.2 Å². The number of carbonyl (C=O) groups is 1. The summed E-state index contributed by atoms with van der Waals surface area (Å²) in [4.78, 5) is 12.7. The molecule has 3 saturated carbocycles. The van der Waals surface area contributed by atoms with E-state index in [1.54, 1.807) is 0 Å². The highest BCUT2D eigenvalue weighted by molar-refractivity contribution is 5.73. The van der Waals surface area contributed by atoms with E-state index in [1.807, 2.05) is 0 Å². The molecule has 2 bridgehead atoms. The van der Waals surface area contributed by atoms with Crippen molar-refractivity contribution in [2.45, 2.75) is 78.7 Å². The van der Waals surface area contributed by atoms with Crippen LogP contribution in [0.2, 0.25) is 0 Å². The van der Waals surface area contributed by atoms with Crippen LogP contribution in [0.25, 0.3) is 0 Å². The second-order valence-corrected chi connectivity index (χ2v) is 9.13. The number of hydrogen-bond donors (Lipinski definition) is 0. The third-order valence-corrected chi connectivity index (χ3v) is 6.83. The Morgan fingerprint density at radius 3 is 2.57 bits per heavy atom. The van der Waals surface area contributed by atoms with Crippen LogP contribution in [0.15, 0.2) is 0 Å². The van der Waals surface area contributed by atoms with E-state index in [0.29, 0.717) is 5.92 Å². The third-order valence-electron chi connectivity index (χ3n) is 6.83. The van der Waals surface area contributed by atoms with Gasteiger partial charge in [0.25, 0.3) is 0 Å². The Labute approximate surface area is 130 Å². The van der Waals surface area contributed by atoms with Crippen LogP contribution < -0.4 is 0 Å². The monoisotopic (exact) mass is 292 g/mol. The molecule has 0 radical (unpaired) electrons. The van der Waals surface area contributed by atoms with Crippen molar-refractivity contribution in [3.63, 3.8) is 0 Å². The molecule has 6 atom stereocenters. The fraction of sp³-hybridized carbons (Fsp3) is 0.947. The Kier molecular flexibility index (Phi) is 3.65. The highest BCUT2D eigenvalue weighted by Gasteiger charge is 2.61. The Hall–Kier alpha value is -0.530. The van der Waals surface area contributed by atoms with E-state index in [2.05, 4.69) is 34.6 Å². The van der Waals surface area contributed by atoms with Crippen LogP contribution in [0.4, 0.5) is 0 Å². The fourth-order valence-electron chi connectivity index (χ4n) is 5.94. The molecule has 120 valence electrons. The van der Waals surface area contributed by atoms with E-state index in [4.69, 9.17) is 4.74 Å². The quantitative estimate of drug-likeness (QED) is 0.697. The fourth-order valence-corrected chi connectivity index (χ4v) is 5.94. The van der Waals surface area contributed by atoms with E-state index < -0.39 is 0 Å². The molecule has 0 saturated heterocycles. The number of hydrogen-bond acceptors (Lipinski definition) is 2. The van der Waals surface area contributed by atoms with Crippen LogP contribution in [0.5, 0.6) is 0 Å². The zero-order chi connectivity index (χ0) is 15.4. The minimum atomic E-state index is -0.175. The molecule has 2 nitrogen and oxygen atoms in total. The summed E-state index contributed by atoms with van der Waals surface area (Å²) in [6.07, 6.45) is 7.49. The van der Waals surface area contributed by atoms with Crippen molar-refractivity contribution >= 4 is 5.97 Å². The summed E-state index contributed by atoms with van der Waals surface area (Å²) in [6.45, 7) is 10.8. The van der Waals surface area contributed by atoms with Crippen LogP contribution in [0.1, 0.15) is 73.1 Å². The van der Waals surface area contributed by atoms with E-state index in [0.717, 1.165) is 30.6 Å².